The molecule has 0 fully saturated rings. The van der Waals surface area contributed by atoms with Crippen molar-refractivity contribution in [1.29, 1.82) is 0 Å². The summed E-state index contributed by atoms with van der Waals surface area (Å²) >= 11 is 0. The van der Waals surface area contributed by atoms with E-state index in [1.807, 2.05) is 18.5 Å². The van der Waals surface area contributed by atoms with Crippen LogP contribution in [0.25, 0.3) is 0 Å². The first-order valence-electron chi connectivity index (χ1n) is 6.06. The van der Waals surface area contributed by atoms with Gasteiger partial charge in [0.15, 0.2) is 0 Å². The molecule has 1 N–H and O–H groups in total. The van der Waals surface area contributed by atoms with Crippen LogP contribution in [0.5, 0.6) is 0 Å². The van der Waals surface area contributed by atoms with Crippen molar-refractivity contribution in [2.75, 3.05) is 6.54 Å². The second kappa shape index (κ2) is 6.81. The third-order valence-corrected chi connectivity index (χ3v) is 2.76. The number of rotatable bonds is 5. The van der Waals surface area contributed by atoms with E-state index >= 15 is 0 Å². The largest absolute Gasteiger partial charge is 0.312 e. The Kier molecular flexibility index (Phi) is 4.73. The molecular weight excluding hydrogens is 208 g/mol. The molecule has 1 aromatic carbocycles. The van der Waals surface area contributed by atoms with E-state index in [9.17, 15) is 0 Å². The Morgan fingerprint density at radius 1 is 1.18 bits per heavy atom. The summed E-state index contributed by atoms with van der Waals surface area (Å²) in [5.41, 5.74) is 2.77. The Labute approximate surface area is 103 Å². The lowest BCUT2D eigenvalue weighted by atomic mass is 10.1. The molecule has 0 amide bonds. The van der Waals surface area contributed by atoms with Crippen molar-refractivity contribution in [3.8, 4) is 0 Å². The van der Waals surface area contributed by atoms with Gasteiger partial charge in [0.25, 0.3) is 0 Å². The van der Waals surface area contributed by atoms with Crippen LogP contribution in [0.2, 0.25) is 0 Å². The van der Waals surface area contributed by atoms with Crippen molar-refractivity contribution < 1.29 is 0 Å². The number of hydrogen-bond acceptors (Lipinski definition) is 2. The average molecular weight is 226 g/mol. The third-order valence-electron chi connectivity index (χ3n) is 2.76. The quantitative estimate of drug-likeness (QED) is 0.767. The van der Waals surface area contributed by atoms with Crippen LogP contribution in [0.1, 0.15) is 18.4 Å². The normalized spacial score (nSPS) is 14.5. The van der Waals surface area contributed by atoms with Crippen LogP contribution in [-0.4, -0.2) is 12.8 Å². The van der Waals surface area contributed by atoms with Gasteiger partial charge in [-0.25, -0.2) is 0 Å². The van der Waals surface area contributed by atoms with Crippen LogP contribution in [0.3, 0.4) is 0 Å². The molecule has 0 spiro atoms. The maximum atomic E-state index is 4.09. The highest BCUT2D eigenvalue weighted by atomic mass is 14.8. The predicted octanol–water partition coefficient (Wildman–Crippen LogP) is 3.08. The van der Waals surface area contributed by atoms with E-state index in [1.54, 1.807) is 0 Å². The predicted molar refractivity (Wildman–Crippen MR) is 73.1 cm³/mol. The molecule has 0 atom stereocenters. The molecule has 0 saturated heterocycles. The first kappa shape index (κ1) is 11.8. The zero-order chi connectivity index (χ0) is 11.8. The molecule has 0 saturated carbocycles. The van der Waals surface area contributed by atoms with Crippen LogP contribution >= 0.6 is 0 Å². The van der Waals surface area contributed by atoms with Crippen molar-refractivity contribution in [2.45, 2.75) is 19.4 Å². The van der Waals surface area contributed by atoms with E-state index in [-0.39, 0.29) is 0 Å². The number of nitrogens with zero attached hydrogens (tertiary/aromatic N) is 1. The molecule has 1 aliphatic rings. The van der Waals surface area contributed by atoms with E-state index in [0.717, 1.165) is 25.9 Å². The minimum Gasteiger partial charge on any atom is -0.312 e. The van der Waals surface area contributed by atoms with Crippen LogP contribution in [-0.2, 0) is 6.54 Å². The Morgan fingerprint density at radius 2 is 2.06 bits per heavy atom. The summed E-state index contributed by atoms with van der Waals surface area (Å²) in [6.45, 7) is 1.96. The monoisotopic (exact) mass is 226 g/mol. The summed E-state index contributed by atoms with van der Waals surface area (Å²) in [4.78, 5) is 4.09. The number of hydrogen-bond donors (Lipinski definition) is 1. The molecular formula is C15H18N2. The summed E-state index contributed by atoms with van der Waals surface area (Å²) in [7, 11) is 0. The van der Waals surface area contributed by atoms with Crippen LogP contribution in [0.4, 0.5) is 0 Å². The lowest BCUT2D eigenvalue weighted by Gasteiger charge is -2.06. The van der Waals surface area contributed by atoms with Crippen LogP contribution in [0.15, 0.2) is 59.2 Å². The molecule has 0 unspecified atom stereocenters. The van der Waals surface area contributed by atoms with Gasteiger partial charge in [-0.15, -0.1) is 0 Å². The molecule has 1 aromatic rings. The molecule has 0 aromatic heterocycles. The minimum atomic E-state index is 0.943. The van der Waals surface area contributed by atoms with Crippen molar-refractivity contribution in [3.05, 3.63) is 59.8 Å². The van der Waals surface area contributed by atoms with Crippen LogP contribution in [0, 0.1) is 0 Å². The fourth-order valence-electron chi connectivity index (χ4n) is 1.79. The van der Waals surface area contributed by atoms with Crippen molar-refractivity contribution in [2.24, 2.45) is 4.99 Å². The zero-order valence-electron chi connectivity index (χ0n) is 9.97. The minimum absolute atomic E-state index is 0.943. The number of nitrogens with one attached hydrogen (secondary N) is 1. The molecule has 0 radical (unpaired) electrons. The number of aliphatic imine (C=N–C) groups is 1. The van der Waals surface area contributed by atoms with Crippen LogP contribution < -0.4 is 5.32 Å². The first-order valence-corrected chi connectivity index (χ1v) is 6.06. The van der Waals surface area contributed by atoms with Gasteiger partial charge in [0, 0.05) is 19.0 Å². The Hall–Kier alpha value is -1.67. The van der Waals surface area contributed by atoms with Crippen molar-refractivity contribution in [1.82, 2.24) is 5.32 Å². The van der Waals surface area contributed by atoms with Gasteiger partial charge in [-0.2, -0.15) is 0 Å². The molecule has 1 aliphatic heterocycles. The molecule has 1 heterocycles. The topological polar surface area (TPSA) is 24.4 Å². The lowest BCUT2D eigenvalue weighted by molar-refractivity contribution is 0.680. The molecule has 17 heavy (non-hydrogen) atoms. The van der Waals surface area contributed by atoms with E-state index in [2.05, 4.69) is 46.7 Å². The van der Waals surface area contributed by atoms with Gasteiger partial charge in [0.1, 0.15) is 0 Å². The third kappa shape index (κ3) is 4.37. The summed E-state index contributed by atoms with van der Waals surface area (Å²) in [5.74, 6) is 0. The average Bonchev–Trinajstić information content (AvgIpc) is 2.65. The van der Waals surface area contributed by atoms with E-state index < -0.39 is 0 Å². The molecule has 0 aliphatic carbocycles. The summed E-state index contributed by atoms with van der Waals surface area (Å²) in [5, 5.41) is 3.46. The Morgan fingerprint density at radius 3 is 2.94 bits per heavy atom. The fraction of sp³-hybridized carbons (Fsp3) is 0.267. The highest BCUT2D eigenvalue weighted by molar-refractivity contribution is 5.73. The summed E-state index contributed by atoms with van der Waals surface area (Å²) < 4.78 is 0. The summed E-state index contributed by atoms with van der Waals surface area (Å²) in [6.07, 6.45) is 10.1. The SMILES string of the molecule is C1=CN=CC=C(CCNCc2ccccc2)C1. The van der Waals surface area contributed by atoms with Gasteiger partial charge in [-0.3, -0.25) is 4.99 Å². The number of allylic oxidation sites excluding steroid dienone is 2. The van der Waals surface area contributed by atoms with Crippen molar-refractivity contribution in [3.63, 3.8) is 0 Å². The van der Waals surface area contributed by atoms with Gasteiger partial charge < -0.3 is 5.32 Å². The molecule has 88 valence electrons. The standard InChI is InChI=1S/C15H18N2/c1-2-5-15(6-3-1)13-17-12-9-14-7-4-10-16-11-8-14/h1-6,8,10-11,17H,7,9,12-13H2. The van der Waals surface area contributed by atoms with Gasteiger partial charge in [0.05, 0.1) is 0 Å². The van der Waals surface area contributed by atoms with Gasteiger partial charge in [-0.05, 0) is 31.0 Å². The zero-order valence-corrected chi connectivity index (χ0v) is 9.97. The molecule has 2 heteroatoms. The molecule has 0 bridgehead atoms. The van der Waals surface area contributed by atoms with Gasteiger partial charge >= 0.3 is 0 Å². The maximum absolute atomic E-state index is 4.09. The van der Waals surface area contributed by atoms with Crippen molar-refractivity contribution >= 4 is 6.21 Å². The highest BCUT2D eigenvalue weighted by Crippen LogP contribution is 2.08. The molecule has 2 rings (SSSR count). The number of benzene rings is 1. The second-order valence-electron chi connectivity index (χ2n) is 4.12. The maximum Gasteiger partial charge on any atom is 0.0267 e. The smallest absolute Gasteiger partial charge is 0.0267 e. The highest BCUT2D eigenvalue weighted by Gasteiger charge is 1.97. The molecule has 2 nitrogen and oxygen atoms in total. The second-order valence-corrected chi connectivity index (χ2v) is 4.12. The van der Waals surface area contributed by atoms with E-state index in [0.29, 0.717) is 0 Å². The van der Waals surface area contributed by atoms with E-state index in [1.165, 1.54) is 11.1 Å². The summed E-state index contributed by atoms with van der Waals surface area (Å²) in [6, 6.07) is 10.5. The first-order chi connectivity index (χ1) is 8.45. The van der Waals surface area contributed by atoms with E-state index in [4.69, 9.17) is 0 Å². The fourth-order valence-corrected chi connectivity index (χ4v) is 1.79. The van der Waals surface area contributed by atoms with Gasteiger partial charge in [-0.1, -0.05) is 42.0 Å². The Bertz CT molecular complexity index is 416. The Balaban J connectivity index is 1.68. The van der Waals surface area contributed by atoms with Gasteiger partial charge in [0.2, 0.25) is 0 Å². The lowest BCUT2D eigenvalue weighted by Crippen LogP contribution is -2.15.